The molecule has 0 fully saturated rings. The van der Waals surface area contributed by atoms with Crippen molar-refractivity contribution in [3.63, 3.8) is 0 Å². The van der Waals surface area contributed by atoms with E-state index in [9.17, 15) is 13.2 Å². The summed E-state index contributed by atoms with van der Waals surface area (Å²) in [4.78, 5) is 11.0. The van der Waals surface area contributed by atoms with Crippen LogP contribution in [0.2, 0.25) is 0 Å². The number of carbonyl (C=O) groups excluding carboxylic acids is 1. The Morgan fingerprint density at radius 1 is 1.50 bits per heavy atom. The van der Waals surface area contributed by atoms with Gasteiger partial charge in [-0.05, 0) is 19.8 Å². The van der Waals surface area contributed by atoms with Crippen molar-refractivity contribution in [2.75, 3.05) is 18.6 Å². The predicted octanol–water partition coefficient (Wildman–Crippen LogP) is -0.725. The number of carbonyl (C=O) groups is 1. The summed E-state index contributed by atoms with van der Waals surface area (Å²) in [6, 6.07) is 0.113. The van der Waals surface area contributed by atoms with Crippen molar-refractivity contribution in [1.82, 2.24) is 5.32 Å². The number of nitrogens with two attached hydrogens (primary N) is 1. The lowest BCUT2D eigenvalue weighted by molar-refractivity contribution is -0.118. The molecule has 0 aromatic heterocycles. The molecule has 6 heteroatoms. The van der Waals surface area contributed by atoms with Crippen LogP contribution in [0.15, 0.2) is 0 Å². The molecule has 3 N–H and O–H groups in total. The van der Waals surface area contributed by atoms with Crippen molar-refractivity contribution in [1.29, 1.82) is 0 Å². The van der Waals surface area contributed by atoms with Crippen LogP contribution < -0.4 is 11.1 Å². The van der Waals surface area contributed by atoms with Gasteiger partial charge in [-0.2, -0.15) is 0 Å². The summed E-state index contributed by atoms with van der Waals surface area (Å²) >= 11 is 0. The molecule has 0 aromatic rings. The Balaban J connectivity index is 3.56. The second-order valence-corrected chi connectivity index (χ2v) is 5.68. The van der Waals surface area contributed by atoms with Crippen LogP contribution in [0.25, 0.3) is 0 Å². The fourth-order valence-electron chi connectivity index (χ4n) is 0.941. The van der Waals surface area contributed by atoms with Crippen LogP contribution >= 0.6 is 0 Å². The van der Waals surface area contributed by atoms with Crippen LogP contribution in [0.3, 0.4) is 0 Å². The van der Waals surface area contributed by atoms with Crippen molar-refractivity contribution in [2.45, 2.75) is 25.8 Å². The van der Waals surface area contributed by atoms with Crippen LogP contribution in [-0.2, 0) is 14.6 Å². The molecule has 0 aliphatic carbocycles. The molecule has 0 aliphatic rings. The van der Waals surface area contributed by atoms with E-state index in [4.69, 9.17) is 5.73 Å². The second kappa shape index (κ2) is 5.98. The van der Waals surface area contributed by atoms with Gasteiger partial charge >= 0.3 is 0 Å². The van der Waals surface area contributed by atoms with E-state index in [0.717, 1.165) is 19.1 Å². The van der Waals surface area contributed by atoms with Gasteiger partial charge in [-0.15, -0.1) is 0 Å². The molecular weight excluding hydrogens is 204 g/mol. The zero-order chi connectivity index (χ0) is 11.2. The van der Waals surface area contributed by atoms with Gasteiger partial charge in [0.15, 0.2) is 9.84 Å². The average Bonchev–Trinajstić information content (AvgIpc) is 1.94. The topological polar surface area (TPSA) is 89.3 Å². The minimum absolute atomic E-state index is 0.113. The zero-order valence-corrected chi connectivity index (χ0v) is 9.43. The van der Waals surface area contributed by atoms with Crippen molar-refractivity contribution < 1.29 is 13.2 Å². The van der Waals surface area contributed by atoms with Crippen LogP contribution in [0.5, 0.6) is 0 Å². The van der Waals surface area contributed by atoms with Crippen LogP contribution in [0.4, 0.5) is 0 Å². The van der Waals surface area contributed by atoms with Gasteiger partial charge < -0.3 is 11.1 Å². The molecule has 5 nitrogen and oxygen atoms in total. The number of sulfone groups is 1. The first kappa shape index (κ1) is 13.4. The summed E-state index contributed by atoms with van der Waals surface area (Å²) in [6.45, 7) is 2.37. The molecule has 0 spiro atoms. The van der Waals surface area contributed by atoms with E-state index in [2.05, 4.69) is 5.32 Å². The Labute approximate surface area is 85.0 Å². The molecule has 84 valence electrons. The summed E-state index contributed by atoms with van der Waals surface area (Å²) in [5.41, 5.74) is 5.50. The molecule has 0 saturated heterocycles. The Kier molecular flexibility index (Phi) is 5.71. The summed E-state index contributed by atoms with van der Waals surface area (Å²) in [5, 5.41) is 2.52. The molecule has 0 heterocycles. The number of hydrogen-bond donors (Lipinski definition) is 2. The molecule has 0 rings (SSSR count). The van der Waals surface area contributed by atoms with Crippen molar-refractivity contribution >= 4 is 15.7 Å². The molecule has 14 heavy (non-hydrogen) atoms. The summed E-state index contributed by atoms with van der Waals surface area (Å²) in [7, 11) is -3.21. The second-order valence-electron chi connectivity index (χ2n) is 3.54. The van der Waals surface area contributed by atoms with E-state index in [1.807, 2.05) is 6.92 Å². The lowest BCUT2D eigenvalue weighted by Gasteiger charge is -2.06. The molecule has 0 radical (unpaired) electrons. The monoisotopic (exact) mass is 222 g/mol. The highest BCUT2D eigenvalue weighted by Gasteiger charge is 2.09. The van der Waals surface area contributed by atoms with Crippen LogP contribution in [0.1, 0.15) is 19.8 Å². The van der Waals surface area contributed by atoms with Gasteiger partial charge in [0, 0.05) is 18.8 Å². The molecule has 1 amide bonds. The molecule has 1 unspecified atom stereocenters. The Morgan fingerprint density at radius 2 is 2.07 bits per heavy atom. The maximum Gasteiger partial charge on any atom is 0.235 e. The first-order valence-corrected chi connectivity index (χ1v) is 6.57. The molecule has 1 atom stereocenters. The number of hydrogen-bond acceptors (Lipinski definition) is 4. The third kappa shape index (κ3) is 9.47. The van der Waals surface area contributed by atoms with Crippen molar-refractivity contribution in [3.05, 3.63) is 0 Å². The SMILES string of the molecule is CC(N)CCCNC(=O)CS(C)(=O)=O. The zero-order valence-electron chi connectivity index (χ0n) is 8.62. The molecule has 0 aromatic carbocycles. The maximum atomic E-state index is 11.0. The lowest BCUT2D eigenvalue weighted by Crippen LogP contribution is -2.31. The quantitative estimate of drug-likeness (QED) is 0.580. The van der Waals surface area contributed by atoms with E-state index < -0.39 is 21.5 Å². The lowest BCUT2D eigenvalue weighted by atomic mass is 10.2. The predicted molar refractivity (Wildman–Crippen MR) is 55.6 cm³/mol. The van der Waals surface area contributed by atoms with Gasteiger partial charge in [-0.3, -0.25) is 4.79 Å². The fourth-order valence-corrected chi connectivity index (χ4v) is 1.52. The molecular formula is C8H18N2O3S. The first-order valence-electron chi connectivity index (χ1n) is 4.51. The standard InChI is InChI=1S/C8H18N2O3S/c1-7(9)4-3-5-10-8(11)6-14(2,12)13/h7H,3-6,9H2,1-2H3,(H,10,11). The van der Waals surface area contributed by atoms with Gasteiger partial charge in [0.2, 0.25) is 5.91 Å². The third-order valence-electron chi connectivity index (χ3n) is 1.55. The maximum absolute atomic E-state index is 11.0. The van der Waals surface area contributed by atoms with E-state index in [1.54, 1.807) is 0 Å². The molecule has 0 bridgehead atoms. The normalized spacial score (nSPS) is 13.6. The van der Waals surface area contributed by atoms with Gasteiger partial charge in [-0.1, -0.05) is 0 Å². The van der Waals surface area contributed by atoms with Gasteiger partial charge in [0.1, 0.15) is 5.75 Å². The Morgan fingerprint density at radius 3 is 2.50 bits per heavy atom. The highest BCUT2D eigenvalue weighted by Crippen LogP contribution is 1.91. The molecule has 0 saturated carbocycles. The summed E-state index contributed by atoms with van der Waals surface area (Å²) in [5.74, 6) is -0.886. The van der Waals surface area contributed by atoms with Crippen molar-refractivity contribution in [2.24, 2.45) is 5.73 Å². The van der Waals surface area contributed by atoms with E-state index in [-0.39, 0.29) is 6.04 Å². The van der Waals surface area contributed by atoms with Gasteiger partial charge in [0.25, 0.3) is 0 Å². The third-order valence-corrected chi connectivity index (χ3v) is 2.34. The Hall–Kier alpha value is -0.620. The van der Waals surface area contributed by atoms with Crippen LogP contribution in [0, 0.1) is 0 Å². The minimum Gasteiger partial charge on any atom is -0.355 e. The largest absolute Gasteiger partial charge is 0.355 e. The van der Waals surface area contributed by atoms with E-state index in [1.165, 1.54) is 0 Å². The van der Waals surface area contributed by atoms with Crippen LogP contribution in [-0.4, -0.2) is 38.9 Å². The van der Waals surface area contributed by atoms with E-state index >= 15 is 0 Å². The smallest absolute Gasteiger partial charge is 0.235 e. The van der Waals surface area contributed by atoms with Gasteiger partial charge in [-0.25, -0.2) is 8.42 Å². The summed E-state index contributed by atoms with van der Waals surface area (Å²) < 4.78 is 21.4. The molecule has 0 aliphatic heterocycles. The first-order chi connectivity index (χ1) is 6.31. The average molecular weight is 222 g/mol. The van der Waals surface area contributed by atoms with Gasteiger partial charge in [0.05, 0.1) is 0 Å². The van der Waals surface area contributed by atoms with E-state index in [0.29, 0.717) is 6.54 Å². The Bertz CT molecular complexity index is 272. The number of nitrogens with one attached hydrogen (secondary N) is 1. The number of amides is 1. The van der Waals surface area contributed by atoms with Crippen molar-refractivity contribution in [3.8, 4) is 0 Å². The fraction of sp³-hybridized carbons (Fsp3) is 0.875. The highest BCUT2D eigenvalue weighted by molar-refractivity contribution is 7.91. The highest BCUT2D eigenvalue weighted by atomic mass is 32.2. The minimum atomic E-state index is -3.21. The summed E-state index contributed by atoms with van der Waals surface area (Å²) in [6.07, 6.45) is 2.63. The number of rotatable bonds is 6.